The number of benzene rings is 2. The van der Waals surface area contributed by atoms with Crippen LogP contribution in [0.25, 0.3) is 17.2 Å². The molecule has 1 aliphatic heterocycles. The van der Waals surface area contributed by atoms with Crippen LogP contribution in [0.2, 0.25) is 39.3 Å². The molecule has 0 aromatic heterocycles. The Kier molecular flexibility index (Phi) is 4.37. The number of hydrogen-bond acceptors (Lipinski definition) is 1. The summed E-state index contributed by atoms with van der Waals surface area (Å²) in [5, 5.41) is 2.91. The van der Waals surface area contributed by atoms with Gasteiger partial charge in [-0.1, -0.05) is 85.1 Å². The van der Waals surface area contributed by atoms with Crippen LogP contribution in [0.1, 0.15) is 34.0 Å². The predicted molar refractivity (Wildman–Crippen MR) is 133 cm³/mol. The molecule has 2 aliphatic rings. The van der Waals surface area contributed by atoms with E-state index in [1.54, 1.807) is 0 Å². The van der Waals surface area contributed by atoms with Crippen LogP contribution in [-0.4, -0.2) is 28.2 Å². The number of carbonyl (C=O) groups is 1. The third kappa shape index (κ3) is 2.53. The maximum atomic E-state index is 12.6. The summed E-state index contributed by atoms with van der Waals surface area (Å²) >= 11 is 0. The van der Waals surface area contributed by atoms with Crippen LogP contribution < -0.4 is 16.1 Å². The van der Waals surface area contributed by atoms with Gasteiger partial charge in [0.05, 0.1) is 15.2 Å². The van der Waals surface area contributed by atoms with Gasteiger partial charge in [0.15, 0.2) is 0 Å². The minimum absolute atomic E-state index is 0.533. The highest BCUT2D eigenvalue weighted by atomic mass is 29.6. The number of nitrogens with one attached hydrogen (secondary N) is 1. The van der Waals surface area contributed by atoms with Crippen LogP contribution in [0, 0.1) is 6.92 Å². The van der Waals surface area contributed by atoms with E-state index in [0.29, 0.717) is 5.56 Å². The van der Waals surface area contributed by atoms with Crippen molar-refractivity contribution in [3.05, 3.63) is 52.1 Å². The second kappa shape index (κ2) is 6.15. The second-order valence-electron chi connectivity index (χ2n) is 10.6. The molecular formula is C24H32NOSi3. The van der Waals surface area contributed by atoms with Gasteiger partial charge >= 0.3 is 0 Å². The molecule has 1 N–H and O–H groups in total. The van der Waals surface area contributed by atoms with E-state index in [-0.39, 0.29) is 0 Å². The van der Waals surface area contributed by atoms with E-state index in [1.165, 1.54) is 38.2 Å². The molecule has 2 bridgehead atoms. The molecule has 0 fully saturated rings. The first-order valence-electron chi connectivity index (χ1n) is 10.6. The number of fused-ring (bicyclic) bond motifs is 3. The maximum Gasteiger partial charge on any atom is 0.270 e. The van der Waals surface area contributed by atoms with E-state index < -0.39 is 28.2 Å². The topological polar surface area (TPSA) is 40.9 Å². The van der Waals surface area contributed by atoms with E-state index in [0.717, 1.165) is 12.0 Å². The molecule has 0 spiro atoms. The molecule has 1 heterocycles. The Morgan fingerprint density at radius 3 is 2.28 bits per heavy atom. The monoisotopic (exact) mass is 434 g/mol. The molecule has 151 valence electrons. The Balaban J connectivity index is 2.20. The number of allylic oxidation sites excluding steroid dienone is 1. The minimum atomic E-state index is -1.79. The first kappa shape index (κ1) is 20.6. The predicted octanol–water partition coefficient (Wildman–Crippen LogP) is 4.75. The van der Waals surface area contributed by atoms with E-state index in [2.05, 4.69) is 83.5 Å². The molecule has 1 radical (unpaired) electrons. The molecule has 0 unspecified atom stereocenters. The van der Waals surface area contributed by atoms with E-state index in [4.69, 9.17) is 5.73 Å². The molecule has 2 aromatic rings. The van der Waals surface area contributed by atoms with Gasteiger partial charge in [-0.3, -0.25) is 10.5 Å². The van der Waals surface area contributed by atoms with Crippen LogP contribution in [0.15, 0.2) is 29.8 Å². The lowest BCUT2D eigenvalue weighted by Crippen LogP contribution is -2.83. The van der Waals surface area contributed by atoms with Crippen LogP contribution >= 0.6 is 0 Å². The fourth-order valence-corrected chi connectivity index (χ4v) is 39.1. The summed E-state index contributed by atoms with van der Waals surface area (Å²) in [5.41, 5.74) is 16.5. The van der Waals surface area contributed by atoms with Crippen molar-refractivity contribution in [3.63, 3.8) is 0 Å². The normalized spacial score (nSPS) is 20.2. The first-order chi connectivity index (χ1) is 13.3. The summed E-state index contributed by atoms with van der Waals surface area (Å²) in [6.45, 7) is 19.8. The number of hydrogen-bond donors (Lipinski definition) is 0. The highest BCUT2D eigenvalue weighted by molar-refractivity contribution is 7.74. The largest absolute Gasteiger partial charge is 0.270 e. The Bertz CT molecular complexity index is 1110. The summed E-state index contributed by atoms with van der Waals surface area (Å²) in [4.78, 5) is 12.6. The molecule has 2 aromatic carbocycles. The third-order valence-electron chi connectivity index (χ3n) is 8.58. The standard InChI is InChI=1S/C24H32NOSi3/c1-15-12-17-10-9-11-18(19(17)13-15)22-20(24(25)26)14-21-16(2)23(22)28(5,6)29(7,8)27(21,3)4/h9-11,13-14,25H,12H2,1-8H3. The van der Waals surface area contributed by atoms with E-state index in [9.17, 15) is 4.79 Å². The Morgan fingerprint density at radius 1 is 1.00 bits per heavy atom. The smallest absolute Gasteiger partial charge is 0.267 e. The van der Waals surface area contributed by atoms with E-state index >= 15 is 0 Å². The maximum absolute atomic E-state index is 12.6. The lowest BCUT2D eigenvalue weighted by atomic mass is 9.91. The third-order valence-corrected chi connectivity index (χ3v) is 50.1. The van der Waals surface area contributed by atoms with Crippen LogP contribution in [0.4, 0.5) is 0 Å². The van der Waals surface area contributed by atoms with Gasteiger partial charge in [0.2, 0.25) is 0 Å². The van der Waals surface area contributed by atoms with Gasteiger partial charge in [-0.2, -0.15) is 0 Å². The Morgan fingerprint density at radius 2 is 1.66 bits per heavy atom. The van der Waals surface area contributed by atoms with Crippen LogP contribution in [-0.2, 0) is 6.42 Å². The van der Waals surface area contributed by atoms with Crippen molar-refractivity contribution in [1.29, 1.82) is 0 Å². The number of carbonyl (C=O) groups excluding carboxylic acids is 1. The number of amides is 1. The van der Waals surface area contributed by atoms with Crippen molar-refractivity contribution >= 4 is 44.6 Å². The summed E-state index contributed by atoms with van der Waals surface area (Å²) in [7, 11) is -4.99. The first-order valence-corrected chi connectivity index (χ1v) is 21.6. The Hall–Kier alpha value is -1.70. The van der Waals surface area contributed by atoms with Gasteiger partial charge in [0.1, 0.15) is 0 Å². The van der Waals surface area contributed by atoms with Crippen molar-refractivity contribution < 1.29 is 4.79 Å². The summed E-state index contributed by atoms with van der Waals surface area (Å²) < 4.78 is 0. The quantitative estimate of drug-likeness (QED) is 0.629. The van der Waals surface area contributed by atoms with Crippen molar-refractivity contribution in [2.24, 2.45) is 0 Å². The lowest BCUT2D eigenvalue weighted by molar-refractivity contribution is 0.0993. The molecule has 0 atom stereocenters. The Labute approximate surface area is 177 Å². The van der Waals surface area contributed by atoms with Gasteiger partial charge in [-0.25, -0.2) is 0 Å². The highest BCUT2D eigenvalue weighted by Gasteiger charge is 2.59. The van der Waals surface area contributed by atoms with Gasteiger partial charge < -0.3 is 0 Å². The van der Waals surface area contributed by atoms with Crippen LogP contribution in [0.5, 0.6) is 0 Å². The van der Waals surface area contributed by atoms with Gasteiger partial charge in [-0.15, -0.1) is 0 Å². The molecule has 1 amide bonds. The molecule has 5 heteroatoms. The molecule has 2 nitrogen and oxygen atoms in total. The average molecular weight is 435 g/mol. The van der Waals surface area contributed by atoms with Gasteiger partial charge in [-0.05, 0) is 48.6 Å². The van der Waals surface area contributed by atoms with Gasteiger partial charge in [0, 0.05) is 12.7 Å². The molecule has 1 aliphatic carbocycles. The molecule has 0 saturated carbocycles. The average Bonchev–Trinajstić information content (AvgIpc) is 2.99. The van der Waals surface area contributed by atoms with Gasteiger partial charge in [0.25, 0.3) is 5.91 Å². The van der Waals surface area contributed by atoms with E-state index in [1.807, 2.05) is 0 Å². The molecular weight excluding hydrogens is 403 g/mol. The zero-order chi connectivity index (χ0) is 21.5. The molecule has 4 rings (SSSR count). The SMILES string of the molecule is CC1=Cc2c(cccc2-c2c(C([NH])=O)cc3c(C)c2[Si](C)(C)[Si](C)(C)[Si]3(C)C)C1. The zero-order valence-corrected chi connectivity index (χ0v) is 22.0. The van der Waals surface area contributed by atoms with Crippen molar-refractivity contribution in [2.75, 3.05) is 0 Å². The summed E-state index contributed by atoms with van der Waals surface area (Å²) in [6.07, 6.45) is 3.28. The lowest BCUT2D eigenvalue weighted by Gasteiger charge is -2.55. The fourth-order valence-electron chi connectivity index (χ4n) is 5.85. The highest BCUT2D eigenvalue weighted by Crippen LogP contribution is 2.41. The van der Waals surface area contributed by atoms with Crippen molar-refractivity contribution in [1.82, 2.24) is 5.73 Å². The zero-order valence-electron chi connectivity index (χ0n) is 19.0. The number of rotatable bonds is 2. The molecule has 29 heavy (non-hydrogen) atoms. The second-order valence-corrected chi connectivity index (χ2v) is 37.9. The summed E-state index contributed by atoms with van der Waals surface area (Å²) in [5.74, 6) is -0.533. The summed E-state index contributed by atoms with van der Waals surface area (Å²) in [6, 6.07) is 8.66. The fraction of sp³-hybridized carbons (Fsp3) is 0.375. The van der Waals surface area contributed by atoms with Crippen molar-refractivity contribution in [3.8, 4) is 11.1 Å². The van der Waals surface area contributed by atoms with Crippen molar-refractivity contribution in [2.45, 2.75) is 59.6 Å². The van der Waals surface area contributed by atoms with Crippen LogP contribution in [0.3, 0.4) is 0 Å². The minimum Gasteiger partial charge on any atom is -0.267 e. The molecule has 0 saturated heterocycles.